The highest BCUT2D eigenvalue weighted by atomic mass is 16.5. The van der Waals surface area contributed by atoms with Gasteiger partial charge in [-0.3, -0.25) is 0 Å². The molecule has 0 aliphatic rings. The fraction of sp³-hybridized carbons (Fsp3) is 0.333. The van der Waals surface area contributed by atoms with Gasteiger partial charge in [-0.1, -0.05) is 42.8 Å². The number of benzene rings is 2. The second-order valence-electron chi connectivity index (χ2n) is 5.03. The lowest BCUT2D eigenvalue weighted by Gasteiger charge is -2.13. The first-order valence-electron chi connectivity index (χ1n) is 7.29. The lowest BCUT2D eigenvalue weighted by molar-refractivity contribution is 0.299. The Kier molecular flexibility index (Phi) is 5.64. The normalized spacial score (nSPS) is 10.4. The van der Waals surface area contributed by atoms with Gasteiger partial charge in [-0.15, -0.1) is 0 Å². The number of hydrogen-bond acceptors (Lipinski definition) is 3. The van der Waals surface area contributed by atoms with Crippen LogP contribution in [-0.4, -0.2) is 13.7 Å². The van der Waals surface area contributed by atoms with Crippen molar-refractivity contribution >= 4 is 0 Å². The molecule has 0 bridgehead atoms. The Balaban J connectivity index is 2.10. The first-order valence-corrected chi connectivity index (χ1v) is 7.29. The Morgan fingerprint density at radius 2 is 1.81 bits per heavy atom. The average molecular weight is 285 g/mol. The standard InChI is InChI=1S/C18H23NO2/c1-4-19-12-16-9-10-17(20-3)11-18(16)21-13-15-7-5-14(2)6-8-15/h5-11,19H,4,12-13H2,1-3H3. The van der Waals surface area contributed by atoms with Crippen LogP contribution in [0.25, 0.3) is 0 Å². The van der Waals surface area contributed by atoms with Gasteiger partial charge in [0, 0.05) is 18.2 Å². The Morgan fingerprint density at radius 1 is 1.05 bits per heavy atom. The van der Waals surface area contributed by atoms with Crippen molar-refractivity contribution in [3.05, 3.63) is 59.2 Å². The van der Waals surface area contributed by atoms with Crippen LogP contribution in [-0.2, 0) is 13.2 Å². The van der Waals surface area contributed by atoms with Crippen LogP contribution in [0.3, 0.4) is 0 Å². The molecule has 0 spiro atoms. The van der Waals surface area contributed by atoms with E-state index in [2.05, 4.69) is 43.4 Å². The van der Waals surface area contributed by atoms with Gasteiger partial charge < -0.3 is 14.8 Å². The summed E-state index contributed by atoms with van der Waals surface area (Å²) in [6.45, 7) is 6.47. The monoisotopic (exact) mass is 285 g/mol. The predicted molar refractivity (Wildman–Crippen MR) is 85.9 cm³/mol. The number of aryl methyl sites for hydroxylation is 1. The summed E-state index contributed by atoms with van der Waals surface area (Å²) in [6.07, 6.45) is 0. The summed E-state index contributed by atoms with van der Waals surface area (Å²) in [6, 6.07) is 14.4. The minimum Gasteiger partial charge on any atom is -0.497 e. The van der Waals surface area contributed by atoms with Gasteiger partial charge in [0.2, 0.25) is 0 Å². The molecule has 0 aromatic heterocycles. The number of hydrogen-bond donors (Lipinski definition) is 1. The maximum absolute atomic E-state index is 5.98. The summed E-state index contributed by atoms with van der Waals surface area (Å²) >= 11 is 0. The fourth-order valence-corrected chi connectivity index (χ4v) is 2.05. The summed E-state index contributed by atoms with van der Waals surface area (Å²) in [5.41, 5.74) is 3.57. The van der Waals surface area contributed by atoms with Crippen LogP contribution < -0.4 is 14.8 Å². The van der Waals surface area contributed by atoms with E-state index in [1.54, 1.807) is 7.11 Å². The van der Waals surface area contributed by atoms with Crippen molar-refractivity contribution in [1.29, 1.82) is 0 Å². The summed E-state index contributed by atoms with van der Waals surface area (Å²) in [5.74, 6) is 1.69. The summed E-state index contributed by atoms with van der Waals surface area (Å²) in [4.78, 5) is 0. The predicted octanol–water partition coefficient (Wildman–Crippen LogP) is 3.69. The fourth-order valence-electron chi connectivity index (χ4n) is 2.05. The molecule has 3 nitrogen and oxygen atoms in total. The summed E-state index contributed by atoms with van der Waals surface area (Å²) in [7, 11) is 1.67. The molecule has 0 saturated heterocycles. The van der Waals surface area contributed by atoms with E-state index in [1.807, 2.05) is 18.2 Å². The molecule has 1 N–H and O–H groups in total. The molecule has 0 radical (unpaired) electrons. The van der Waals surface area contributed by atoms with Crippen molar-refractivity contribution < 1.29 is 9.47 Å². The highest BCUT2D eigenvalue weighted by Gasteiger charge is 2.06. The van der Waals surface area contributed by atoms with Gasteiger partial charge in [0.15, 0.2) is 0 Å². The van der Waals surface area contributed by atoms with Gasteiger partial charge in [-0.05, 0) is 25.1 Å². The van der Waals surface area contributed by atoms with Gasteiger partial charge in [0.05, 0.1) is 7.11 Å². The van der Waals surface area contributed by atoms with Crippen LogP contribution in [0, 0.1) is 6.92 Å². The quantitative estimate of drug-likeness (QED) is 0.841. The molecule has 0 aliphatic carbocycles. The molecule has 21 heavy (non-hydrogen) atoms. The van der Waals surface area contributed by atoms with E-state index < -0.39 is 0 Å². The van der Waals surface area contributed by atoms with Crippen molar-refractivity contribution in [2.45, 2.75) is 27.0 Å². The molecule has 0 amide bonds. The Morgan fingerprint density at radius 3 is 2.48 bits per heavy atom. The Hall–Kier alpha value is -2.00. The van der Waals surface area contributed by atoms with E-state index in [1.165, 1.54) is 5.56 Å². The molecular weight excluding hydrogens is 262 g/mol. The summed E-state index contributed by atoms with van der Waals surface area (Å²) < 4.78 is 11.3. The van der Waals surface area contributed by atoms with Crippen molar-refractivity contribution in [3.8, 4) is 11.5 Å². The minimum atomic E-state index is 0.562. The smallest absolute Gasteiger partial charge is 0.127 e. The summed E-state index contributed by atoms with van der Waals surface area (Å²) in [5, 5.41) is 3.33. The molecular formula is C18H23NO2. The van der Waals surface area contributed by atoms with E-state index in [0.717, 1.165) is 35.7 Å². The second-order valence-corrected chi connectivity index (χ2v) is 5.03. The molecule has 0 fully saturated rings. The zero-order valence-electron chi connectivity index (χ0n) is 13.0. The van der Waals surface area contributed by atoms with Crippen LogP contribution in [0.1, 0.15) is 23.6 Å². The lowest BCUT2D eigenvalue weighted by Crippen LogP contribution is -2.13. The van der Waals surface area contributed by atoms with Crippen LogP contribution in [0.2, 0.25) is 0 Å². The van der Waals surface area contributed by atoms with Crippen molar-refractivity contribution in [1.82, 2.24) is 5.32 Å². The van der Waals surface area contributed by atoms with Gasteiger partial charge in [-0.2, -0.15) is 0 Å². The first kappa shape index (κ1) is 15.4. The van der Waals surface area contributed by atoms with E-state index >= 15 is 0 Å². The molecule has 2 aromatic carbocycles. The van der Waals surface area contributed by atoms with E-state index in [9.17, 15) is 0 Å². The number of nitrogens with one attached hydrogen (secondary N) is 1. The molecule has 0 heterocycles. The second kappa shape index (κ2) is 7.70. The van der Waals surface area contributed by atoms with Crippen LogP contribution in [0.4, 0.5) is 0 Å². The van der Waals surface area contributed by atoms with E-state index in [0.29, 0.717) is 6.61 Å². The third kappa shape index (κ3) is 4.50. The Labute approximate surface area is 126 Å². The zero-order chi connectivity index (χ0) is 15.1. The highest BCUT2D eigenvalue weighted by molar-refractivity contribution is 5.41. The van der Waals surface area contributed by atoms with Gasteiger partial charge in [-0.25, -0.2) is 0 Å². The highest BCUT2D eigenvalue weighted by Crippen LogP contribution is 2.25. The van der Waals surface area contributed by atoms with Crippen LogP contribution in [0.15, 0.2) is 42.5 Å². The number of ether oxygens (including phenoxy) is 2. The molecule has 112 valence electrons. The maximum atomic E-state index is 5.98. The van der Waals surface area contributed by atoms with Crippen molar-refractivity contribution in [2.75, 3.05) is 13.7 Å². The lowest BCUT2D eigenvalue weighted by atomic mass is 10.1. The number of methoxy groups -OCH3 is 1. The van der Waals surface area contributed by atoms with Crippen molar-refractivity contribution in [3.63, 3.8) is 0 Å². The van der Waals surface area contributed by atoms with Gasteiger partial charge in [0.1, 0.15) is 18.1 Å². The molecule has 0 atom stereocenters. The van der Waals surface area contributed by atoms with Gasteiger partial charge >= 0.3 is 0 Å². The largest absolute Gasteiger partial charge is 0.497 e. The Bertz CT molecular complexity index is 564. The van der Waals surface area contributed by atoms with E-state index in [4.69, 9.17) is 9.47 Å². The van der Waals surface area contributed by atoms with Gasteiger partial charge in [0.25, 0.3) is 0 Å². The molecule has 3 heteroatoms. The first-order chi connectivity index (χ1) is 10.2. The molecule has 2 rings (SSSR count). The van der Waals surface area contributed by atoms with Crippen LogP contribution >= 0.6 is 0 Å². The molecule has 0 aliphatic heterocycles. The third-order valence-electron chi connectivity index (χ3n) is 3.35. The van der Waals surface area contributed by atoms with Crippen LogP contribution in [0.5, 0.6) is 11.5 Å². The average Bonchev–Trinajstić information content (AvgIpc) is 2.52. The molecule has 2 aromatic rings. The molecule has 0 unspecified atom stereocenters. The SMILES string of the molecule is CCNCc1ccc(OC)cc1OCc1ccc(C)cc1. The van der Waals surface area contributed by atoms with Crippen molar-refractivity contribution in [2.24, 2.45) is 0 Å². The topological polar surface area (TPSA) is 30.5 Å². The minimum absolute atomic E-state index is 0.562. The maximum Gasteiger partial charge on any atom is 0.127 e. The van der Waals surface area contributed by atoms with E-state index in [-0.39, 0.29) is 0 Å². The molecule has 0 saturated carbocycles. The zero-order valence-corrected chi connectivity index (χ0v) is 13.0. The number of rotatable bonds is 7. The third-order valence-corrected chi connectivity index (χ3v) is 3.35.